The van der Waals surface area contributed by atoms with Gasteiger partial charge < -0.3 is 53.3 Å². The summed E-state index contributed by atoms with van der Waals surface area (Å²) in [6, 6.07) is 8.68. The van der Waals surface area contributed by atoms with Crippen molar-refractivity contribution in [1.29, 1.82) is 0 Å². The van der Waals surface area contributed by atoms with E-state index in [2.05, 4.69) is 37.3 Å². The van der Waals surface area contributed by atoms with Crippen molar-refractivity contribution in [3.8, 4) is 12.3 Å². The fourth-order valence-electron chi connectivity index (χ4n) is 6.06. The first kappa shape index (κ1) is 60.6. The second-order valence-corrected chi connectivity index (χ2v) is 18.1. The minimum absolute atomic E-state index is 0.0134. The number of amides is 2. The second kappa shape index (κ2) is 40.6. The number of hydrogen-bond donors (Lipinski definition) is 2. The number of hydrogen-bond acceptors (Lipinski definition) is 15. The molecule has 0 spiro atoms. The SMILES string of the molecule is C#CCOCCOCCOCC(=O)C[C@@H](CCC(=O)OCc1ccccc1)C(=O)NCCCCCCCC(=O)[C@@H](CSC(C)(C)C)NC(=O)COCCOCCOCCC(OCC)OCC. The Balaban J connectivity index is 2.43. The third-order valence-corrected chi connectivity index (χ3v) is 10.8. The van der Waals surface area contributed by atoms with Crippen molar-refractivity contribution in [3.05, 3.63) is 35.9 Å². The molecule has 0 fully saturated rings. The zero-order valence-electron chi connectivity index (χ0n) is 40.4. The number of carbonyl (C=O) groups excluding carboxylic acids is 5. The fourth-order valence-corrected chi connectivity index (χ4v) is 6.99. The Labute approximate surface area is 398 Å². The molecule has 0 radical (unpaired) electrons. The molecule has 376 valence electrons. The average Bonchev–Trinajstić information content (AvgIpc) is 3.29. The first-order valence-corrected chi connectivity index (χ1v) is 24.4. The number of ether oxygens (including phenoxy) is 9. The van der Waals surface area contributed by atoms with Gasteiger partial charge in [-0.25, -0.2) is 0 Å². The van der Waals surface area contributed by atoms with Crippen LogP contribution in [0.15, 0.2) is 30.3 Å². The van der Waals surface area contributed by atoms with E-state index >= 15 is 0 Å². The number of nitrogens with one attached hydrogen (secondary N) is 2. The molecule has 0 aliphatic carbocycles. The first-order chi connectivity index (χ1) is 31.9. The van der Waals surface area contributed by atoms with Gasteiger partial charge in [-0.05, 0) is 38.7 Å². The molecule has 0 unspecified atom stereocenters. The standard InChI is InChI=1S/C49H80N2O14S/c1-7-25-57-27-29-59-31-33-61-37-42(52)35-41(21-22-46(55)65-36-40-18-14-13-15-19-40)48(56)50-24-17-12-10-11-16-20-44(53)43(39-66-49(4,5)6)51-45(54)38-62-34-32-60-30-28-58-26-23-47(63-8-2)64-9-3/h1,13-15,18-19,41,43,47H,8-12,16-17,20-39H2,2-6H3,(H,50,56)(H,51,54)/t41-,43-/m1/s1. The summed E-state index contributed by atoms with van der Waals surface area (Å²) in [7, 11) is 0. The normalized spacial score (nSPS) is 12.4. The van der Waals surface area contributed by atoms with Crippen LogP contribution in [0.25, 0.3) is 0 Å². The summed E-state index contributed by atoms with van der Waals surface area (Å²) >= 11 is 1.62. The van der Waals surface area contributed by atoms with Crippen molar-refractivity contribution in [2.45, 2.75) is 123 Å². The van der Waals surface area contributed by atoms with Crippen molar-refractivity contribution in [2.24, 2.45) is 5.92 Å². The maximum absolute atomic E-state index is 13.3. The van der Waals surface area contributed by atoms with Gasteiger partial charge in [-0.15, -0.1) is 6.42 Å². The summed E-state index contributed by atoms with van der Waals surface area (Å²) in [5.74, 6) is 0.730. The van der Waals surface area contributed by atoms with Crippen LogP contribution in [0.1, 0.15) is 104 Å². The molecule has 1 aromatic rings. The van der Waals surface area contributed by atoms with Gasteiger partial charge >= 0.3 is 5.97 Å². The summed E-state index contributed by atoms with van der Waals surface area (Å²) in [5, 5.41) is 5.80. The lowest BCUT2D eigenvalue weighted by molar-refractivity contribution is -0.147. The van der Waals surface area contributed by atoms with E-state index < -0.39 is 17.9 Å². The monoisotopic (exact) mass is 953 g/mol. The number of esters is 1. The highest BCUT2D eigenvalue weighted by atomic mass is 32.2. The number of thioether (sulfide) groups is 1. The van der Waals surface area contributed by atoms with Gasteiger partial charge in [0.2, 0.25) is 11.8 Å². The van der Waals surface area contributed by atoms with Gasteiger partial charge in [0.25, 0.3) is 0 Å². The zero-order chi connectivity index (χ0) is 48.5. The highest BCUT2D eigenvalue weighted by Gasteiger charge is 2.25. The van der Waals surface area contributed by atoms with Crippen LogP contribution in [0.3, 0.4) is 0 Å². The molecule has 16 nitrogen and oxygen atoms in total. The molecule has 0 saturated heterocycles. The quantitative estimate of drug-likeness (QED) is 0.0353. The highest BCUT2D eigenvalue weighted by molar-refractivity contribution is 8.00. The van der Waals surface area contributed by atoms with Gasteiger partial charge in [-0.2, -0.15) is 11.8 Å². The van der Waals surface area contributed by atoms with Crippen LogP contribution in [0.5, 0.6) is 0 Å². The Morgan fingerprint density at radius 3 is 1.94 bits per heavy atom. The van der Waals surface area contributed by atoms with Crippen LogP contribution >= 0.6 is 11.8 Å². The summed E-state index contributed by atoms with van der Waals surface area (Å²) in [6.07, 6.45) is 9.79. The lowest BCUT2D eigenvalue weighted by Crippen LogP contribution is -2.44. The largest absolute Gasteiger partial charge is 0.461 e. The predicted molar refractivity (Wildman–Crippen MR) is 254 cm³/mol. The molecule has 2 amide bonds. The number of unbranched alkanes of at least 4 members (excludes halogenated alkanes) is 4. The Bertz CT molecular complexity index is 1470. The molecular weight excluding hydrogens is 873 g/mol. The number of rotatable bonds is 44. The Kier molecular flexibility index (Phi) is 37.3. The van der Waals surface area contributed by atoms with E-state index in [1.54, 1.807) is 11.8 Å². The van der Waals surface area contributed by atoms with Crippen molar-refractivity contribution >= 4 is 41.1 Å². The molecule has 0 aliphatic rings. The van der Waals surface area contributed by atoms with Gasteiger partial charge in [-0.1, -0.05) is 76.3 Å². The molecule has 0 aliphatic heterocycles. The minimum atomic E-state index is -0.723. The predicted octanol–water partition coefficient (Wildman–Crippen LogP) is 5.65. The molecule has 2 N–H and O–H groups in total. The minimum Gasteiger partial charge on any atom is -0.461 e. The van der Waals surface area contributed by atoms with E-state index in [-0.39, 0.29) is 99.9 Å². The van der Waals surface area contributed by atoms with E-state index in [9.17, 15) is 24.0 Å². The van der Waals surface area contributed by atoms with E-state index in [0.29, 0.717) is 90.8 Å². The maximum atomic E-state index is 13.3. The van der Waals surface area contributed by atoms with Crippen molar-refractivity contribution in [2.75, 3.05) is 105 Å². The Morgan fingerprint density at radius 2 is 1.30 bits per heavy atom. The van der Waals surface area contributed by atoms with E-state index in [4.69, 9.17) is 49.1 Å². The lowest BCUT2D eigenvalue weighted by Gasteiger charge is -2.23. The lowest BCUT2D eigenvalue weighted by atomic mass is 9.96. The number of ketones is 2. The second-order valence-electron chi connectivity index (χ2n) is 16.3. The van der Waals surface area contributed by atoms with Crippen LogP contribution < -0.4 is 10.6 Å². The molecule has 0 aromatic heterocycles. The average molecular weight is 953 g/mol. The van der Waals surface area contributed by atoms with Gasteiger partial charge in [0.05, 0.1) is 65.5 Å². The summed E-state index contributed by atoms with van der Waals surface area (Å²) in [4.78, 5) is 64.6. The number of Topliss-reactive ketones (excluding diaryl/α,β-unsaturated/α-hetero) is 2. The third kappa shape index (κ3) is 35.7. The molecule has 1 rings (SSSR count). The van der Waals surface area contributed by atoms with Crippen LogP contribution in [0.4, 0.5) is 0 Å². The van der Waals surface area contributed by atoms with E-state index in [1.807, 2.05) is 44.2 Å². The van der Waals surface area contributed by atoms with Crippen LogP contribution in [-0.4, -0.2) is 151 Å². The van der Waals surface area contributed by atoms with Gasteiger partial charge in [0, 0.05) is 61.9 Å². The topological polar surface area (TPSA) is 192 Å². The molecule has 66 heavy (non-hydrogen) atoms. The van der Waals surface area contributed by atoms with Crippen molar-refractivity contribution in [3.63, 3.8) is 0 Å². The molecule has 1 aromatic carbocycles. The number of terminal acetylenes is 1. The molecular formula is C49H80N2O14S. The molecule has 0 bridgehead atoms. The van der Waals surface area contributed by atoms with Gasteiger partial charge in [-0.3, -0.25) is 24.0 Å². The van der Waals surface area contributed by atoms with Gasteiger partial charge in [0.1, 0.15) is 26.4 Å². The first-order valence-electron chi connectivity index (χ1n) is 23.5. The highest BCUT2D eigenvalue weighted by Crippen LogP contribution is 2.24. The summed E-state index contributed by atoms with van der Waals surface area (Å²) in [6.45, 7) is 14.6. The summed E-state index contributed by atoms with van der Waals surface area (Å²) in [5.41, 5.74) is 0.853. The zero-order valence-corrected chi connectivity index (χ0v) is 41.2. The van der Waals surface area contributed by atoms with E-state index in [1.165, 1.54) is 0 Å². The van der Waals surface area contributed by atoms with E-state index in [0.717, 1.165) is 24.8 Å². The summed E-state index contributed by atoms with van der Waals surface area (Å²) < 4.78 is 48.9. The molecule has 2 atom stereocenters. The van der Waals surface area contributed by atoms with Crippen LogP contribution in [0.2, 0.25) is 0 Å². The smallest absolute Gasteiger partial charge is 0.306 e. The number of benzene rings is 1. The Hall–Kier alpha value is -3.44. The molecule has 0 heterocycles. The third-order valence-electron chi connectivity index (χ3n) is 9.46. The Morgan fingerprint density at radius 1 is 0.712 bits per heavy atom. The number of carbonyl (C=O) groups is 5. The van der Waals surface area contributed by atoms with Crippen LogP contribution in [-0.2, 0) is 73.2 Å². The maximum Gasteiger partial charge on any atom is 0.306 e. The van der Waals surface area contributed by atoms with Crippen molar-refractivity contribution < 1.29 is 66.6 Å². The van der Waals surface area contributed by atoms with Crippen LogP contribution in [0, 0.1) is 18.3 Å². The van der Waals surface area contributed by atoms with Crippen molar-refractivity contribution in [1.82, 2.24) is 10.6 Å². The molecule has 0 saturated carbocycles. The fraction of sp³-hybridized carbons (Fsp3) is 0.735. The van der Waals surface area contributed by atoms with Gasteiger partial charge in [0.15, 0.2) is 17.9 Å². The molecule has 17 heteroatoms.